The molecular weight excluding hydrogens is 330 g/mol. The summed E-state index contributed by atoms with van der Waals surface area (Å²) in [6.07, 6.45) is -0.943. The second-order valence-electron chi connectivity index (χ2n) is 5.35. The first kappa shape index (κ1) is 17.8. The number of anilines is 1. The van der Waals surface area contributed by atoms with Crippen LogP contribution in [0, 0.1) is 6.92 Å². The average molecular weight is 348 g/mol. The minimum Gasteiger partial charge on any atom is -0.496 e. The van der Waals surface area contributed by atoms with Gasteiger partial charge in [0.25, 0.3) is 0 Å². The molecule has 0 amide bonds. The lowest BCUT2D eigenvalue weighted by Crippen LogP contribution is -2.24. The van der Waals surface area contributed by atoms with E-state index in [9.17, 15) is 9.59 Å². The number of ketones is 1. The van der Waals surface area contributed by atoms with Gasteiger partial charge in [0.05, 0.1) is 17.8 Å². The SMILES string of the molecule is COc1cc(N)c(Cl)cc1C(=O)OC(C)C(=O)c1ccc(C)cc1. The Labute approximate surface area is 145 Å². The molecule has 1 unspecified atom stereocenters. The summed E-state index contributed by atoms with van der Waals surface area (Å²) in [5.74, 6) is -0.762. The first-order valence-corrected chi connectivity index (χ1v) is 7.66. The van der Waals surface area contributed by atoms with Crippen LogP contribution in [0.15, 0.2) is 36.4 Å². The van der Waals surface area contributed by atoms with E-state index in [0.717, 1.165) is 5.56 Å². The van der Waals surface area contributed by atoms with Gasteiger partial charge in [-0.2, -0.15) is 0 Å². The summed E-state index contributed by atoms with van der Waals surface area (Å²) in [6, 6.07) is 9.84. The van der Waals surface area contributed by atoms with Crippen molar-refractivity contribution in [2.45, 2.75) is 20.0 Å². The number of esters is 1. The lowest BCUT2D eigenvalue weighted by Gasteiger charge is -2.15. The summed E-state index contributed by atoms with van der Waals surface area (Å²) in [4.78, 5) is 24.7. The van der Waals surface area contributed by atoms with Crippen LogP contribution >= 0.6 is 11.6 Å². The Morgan fingerprint density at radius 1 is 1.17 bits per heavy atom. The number of carbonyl (C=O) groups excluding carboxylic acids is 2. The van der Waals surface area contributed by atoms with Crippen molar-refractivity contribution in [2.24, 2.45) is 0 Å². The highest BCUT2D eigenvalue weighted by molar-refractivity contribution is 6.33. The van der Waals surface area contributed by atoms with Crippen molar-refractivity contribution >= 4 is 29.0 Å². The number of benzene rings is 2. The molecule has 2 aromatic rings. The van der Waals surface area contributed by atoms with Gasteiger partial charge < -0.3 is 15.2 Å². The van der Waals surface area contributed by atoms with Crippen LogP contribution in [0.2, 0.25) is 5.02 Å². The van der Waals surface area contributed by atoms with Crippen LogP contribution in [0.1, 0.15) is 33.2 Å². The van der Waals surface area contributed by atoms with Crippen LogP contribution in [-0.4, -0.2) is 25.0 Å². The molecule has 6 heteroatoms. The normalized spacial score (nSPS) is 11.7. The lowest BCUT2D eigenvalue weighted by atomic mass is 10.1. The second kappa shape index (κ2) is 7.36. The highest BCUT2D eigenvalue weighted by Crippen LogP contribution is 2.29. The molecule has 0 saturated heterocycles. The van der Waals surface area contributed by atoms with Gasteiger partial charge in [0.15, 0.2) is 6.10 Å². The van der Waals surface area contributed by atoms with Crippen LogP contribution in [-0.2, 0) is 4.74 Å². The van der Waals surface area contributed by atoms with Crippen LogP contribution in [0.3, 0.4) is 0 Å². The molecule has 2 N–H and O–H groups in total. The first-order chi connectivity index (χ1) is 11.3. The molecule has 0 bridgehead atoms. The molecule has 0 aliphatic heterocycles. The topological polar surface area (TPSA) is 78.6 Å². The number of aryl methyl sites for hydroxylation is 1. The molecule has 0 aromatic heterocycles. The Morgan fingerprint density at radius 2 is 1.79 bits per heavy atom. The van der Waals surface area contributed by atoms with E-state index in [1.165, 1.54) is 26.2 Å². The van der Waals surface area contributed by atoms with Gasteiger partial charge in [-0.3, -0.25) is 4.79 Å². The Kier molecular flexibility index (Phi) is 5.46. The molecule has 0 spiro atoms. The van der Waals surface area contributed by atoms with Crippen molar-refractivity contribution in [3.05, 3.63) is 58.1 Å². The maximum Gasteiger partial charge on any atom is 0.342 e. The molecule has 126 valence electrons. The van der Waals surface area contributed by atoms with E-state index in [1.807, 2.05) is 19.1 Å². The van der Waals surface area contributed by atoms with Crippen molar-refractivity contribution in [3.8, 4) is 5.75 Å². The van der Waals surface area contributed by atoms with Crippen LogP contribution in [0.25, 0.3) is 0 Å². The number of carbonyl (C=O) groups is 2. The Balaban J connectivity index is 2.18. The minimum atomic E-state index is -0.943. The molecule has 2 rings (SSSR count). The molecule has 0 radical (unpaired) electrons. The van der Waals surface area contributed by atoms with Gasteiger partial charge in [-0.05, 0) is 19.9 Å². The zero-order chi connectivity index (χ0) is 17.9. The third-order valence-corrected chi connectivity index (χ3v) is 3.86. The van der Waals surface area contributed by atoms with Crippen molar-refractivity contribution < 1.29 is 19.1 Å². The van der Waals surface area contributed by atoms with E-state index in [1.54, 1.807) is 12.1 Å². The van der Waals surface area contributed by atoms with Crippen LogP contribution in [0.4, 0.5) is 5.69 Å². The predicted molar refractivity (Wildman–Crippen MR) is 92.8 cm³/mol. The van der Waals surface area contributed by atoms with E-state index < -0.39 is 12.1 Å². The van der Waals surface area contributed by atoms with Gasteiger partial charge >= 0.3 is 5.97 Å². The number of Topliss-reactive ketones (excluding diaryl/α,β-unsaturated/α-hetero) is 1. The fourth-order valence-electron chi connectivity index (χ4n) is 2.13. The summed E-state index contributed by atoms with van der Waals surface area (Å²) in [5, 5.41) is 0.209. The van der Waals surface area contributed by atoms with Gasteiger partial charge in [0.1, 0.15) is 11.3 Å². The Bertz CT molecular complexity index is 771. The smallest absolute Gasteiger partial charge is 0.342 e. The number of nitrogens with two attached hydrogens (primary N) is 1. The van der Waals surface area contributed by atoms with Gasteiger partial charge in [0.2, 0.25) is 5.78 Å². The van der Waals surface area contributed by atoms with Gasteiger partial charge in [-0.15, -0.1) is 0 Å². The number of nitrogen functional groups attached to an aromatic ring is 1. The minimum absolute atomic E-state index is 0.111. The lowest BCUT2D eigenvalue weighted by molar-refractivity contribution is 0.0316. The van der Waals surface area contributed by atoms with Crippen molar-refractivity contribution in [3.63, 3.8) is 0 Å². The Morgan fingerprint density at radius 3 is 2.38 bits per heavy atom. The number of hydrogen-bond donors (Lipinski definition) is 1. The fourth-order valence-corrected chi connectivity index (χ4v) is 2.29. The van der Waals surface area contributed by atoms with Gasteiger partial charge in [-0.25, -0.2) is 4.79 Å². The highest BCUT2D eigenvalue weighted by Gasteiger charge is 2.23. The first-order valence-electron chi connectivity index (χ1n) is 7.28. The van der Waals surface area contributed by atoms with Crippen molar-refractivity contribution in [1.82, 2.24) is 0 Å². The molecule has 0 fully saturated rings. The largest absolute Gasteiger partial charge is 0.496 e. The summed E-state index contributed by atoms with van der Waals surface area (Å²) < 4.78 is 10.4. The third kappa shape index (κ3) is 3.86. The highest BCUT2D eigenvalue weighted by atomic mass is 35.5. The third-order valence-electron chi connectivity index (χ3n) is 3.53. The van der Waals surface area contributed by atoms with E-state index in [0.29, 0.717) is 5.56 Å². The van der Waals surface area contributed by atoms with Crippen LogP contribution < -0.4 is 10.5 Å². The molecule has 24 heavy (non-hydrogen) atoms. The van der Waals surface area contributed by atoms with Gasteiger partial charge in [0, 0.05) is 11.6 Å². The van der Waals surface area contributed by atoms with Gasteiger partial charge in [-0.1, -0.05) is 41.4 Å². The number of rotatable bonds is 5. The summed E-state index contributed by atoms with van der Waals surface area (Å²) in [7, 11) is 1.40. The number of hydrogen-bond acceptors (Lipinski definition) is 5. The van der Waals surface area contributed by atoms with Crippen LogP contribution in [0.5, 0.6) is 5.75 Å². The monoisotopic (exact) mass is 347 g/mol. The maximum atomic E-state index is 12.3. The van der Waals surface area contributed by atoms with Crippen molar-refractivity contribution in [2.75, 3.05) is 12.8 Å². The Hall–Kier alpha value is -2.53. The van der Waals surface area contributed by atoms with Crippen molar-refractivity contribution in [1.29, 1.82) is 0 Å². The molecule has 0 aliphatic rings. The number of methoxy groups -OCH3 is 1. The van der Waals surface area contributed by atoms with E-state index in [4.69, 9.17) is 26.8 Å². The second-order valence-corrected chi connectivity index (χ2v) is 5.76. The number of ether oxygens (including phenoxy) is 2. The molecule has 0 heterocycles. The molecule has 2 aromatic carbocycles. The van der Waals surface area contributed by atoms with E-state index >= 15 is 0 Å². The quantitative estimate of drug-likeness (QED) is 0.507. The zero-order valence-electron chi connectivity index (χ0n) is 13.6. The van der Waals surface area contributed by atoms with E-state index in [-0.39, 0.29) is 27.8 Å². The molecular formula is C18H18ClNO4. The summed E-state index contributed by atoms with van der Waals surface area (Å²) in [6.45, 7) is 3.44. The standard InChI is InChI=1S/C18H18ClNO4/c1-10-4-6-12(7-5-10)17(21)11(2)24-18(22)13-8-14(19)15(20)9-16(13)23-3/h4-9,11H,20H2,1-3H3. The zero-order valence-corrected chi connectivity index (χ0v) is 14.4. The molecule has 0 saturated carbocycles. The number of halogens is 1. The summed E-state index contributed by atoms with van der Waals surface area (Å²) in [5.41, 5.74) is 7.60. The molecule has 1 atom stereocenters. The average Bonchev–Trinajstić information content (AvgIpc) is 2.56. The van der Waals surface area contributed by atoms with E-state index in [2.05, 4.69) is 0 Å². The maximum absolute atomic E-state index is 12.3. The molecule has 0 aliphatic carbocycles. The predicted octanol–water partition coefficient (Wildman–Crippen LogP) is 3.67. The fraction of sp³-hybridized carbons (Fsp3) is 0.222. The summed E-state index contributed by atoms with van der Waals surface area (Å²) >= 11 is 5.94. The molecule has 5 nitrogen and oxygen atoms in total.